The smallest absolute Gasteiger partial charge is 0.449 e. The molecule has 18 heavy (non-hydrogen) atoms. The van der Waals surface area contributed by atoms with Crippen LogP contribution in [0.25, 0.3) is 0 Å². The van der Waals surface area contributed by atoms with E-state index in [1.807, 2.05) is 6.07 Å². The molecule has 0 unspecified atom stereocenters. The van der Waals surface area contributed by atoms with Gasteiger partial charge in [-0.25, -0.2) is 4.79 Å². The largest absolute Gasteiger partial charge is 0.511 e. The Bertz CT molecular complexity index is 410. The number of rotatable bonds is 6. The summed E-state index contributed by atoms with van der Waals surface area (Å²) in [5, 5.41) is 8.78. The number of hydrogen-bond acceptors (Lipinski definition) is 2. The third-order valence-electron chi connectivity index (χ3n) is 3.06. The van der Waals surface area contributed by atoms with Crippen molar-refractivity contribution >= 4 is 6.16 Å². The normalized spacial score (nSPS) is 10.4. The molecule has 0 heterocycles. The predicted molar refractivity (Wildman–Crippen MR) is 72.5 cm³/mol. The van der Waals surface area contributed by atoms with Crippen LogP contribution in [0.3, 0.4) is 0 Å². The first-order chi connectivity index (χ1) is 8.63. The van der Waals surface area contributed by atoms with E-state index in [9.17, 15) is 4.79 Å². The van der Waals surface area contributed by atoms with Crippen LogP contribution in [-0.2, 0) is 19.3 Å². The zero-order valence-corrected chi connectivity index (χ0v) is 11.5. The molecule has 0 fully saturated rings. The van der Waals surface area contributed by atoms with Crippen molar-refractivity contribution in [1.29, 1.82) is 0 Å². The number of aryl methyl sites for hydroxylation is 1. The molecule has 100 valence electrons. The Balaban J connectivity index is 3.25. The summed E-state index contributed by atoms with van der Waals surface area (Å²) in [5.41, 5.74) is 3.65. The van der Waals surface area contributed by atoms with Crippen LogP contribution < -0.4 is 4.74 Å². The van der Waals surface area contributed by atoms with Crippen molar-refractivity contribution in [2.45, 2.75) is 52.9 Å². The van der Waals surface area contributed by atoms with Gasteiger partial charge < -0.3 is 9.84 Å². The average molecular weight is 250 g/mol. The van der Waals surface area contributed by atoms with Crippen LogP contribution in [0.15, 0.2) is 12.1 Å². The van der Waals surface area contributed by atoms with Crippen LogP contribution >= 0.6 is 0 Å². The van der Waals surface area contributed by atoms with E-state index in [-0.39, 0.29) is 0 Å². The molecule has 0 saturated carbocycles. The lowest BCUT2D eigenvalue weighted by molar-refractivity contribution is 0.144. The van der Waals surface area contributed by atoms with E-state index < -0.39 is 6.16 Å². The molecule has 0 amide bonds. The highest BCUT2D eigenvalue weighted by molar-refractivity contribution is 5.63. The molecule has 0 radical (unpaired) electrons. The van der Waals surface area contributed by atoms with Crippen LogP contribution in [0.2, 0.25) is 0 Å². The fraction of sp³-hybridized carbons (Fsp3) is 0.533. The molecule has 3 heteroatoms. The van der Waals surface area contributed by atoms with E-state index in [1.165, 1.54) is 11.1 Å². The standard InChI is InChI=1S/C15H22O3/c1-4-7-12-11(6-3)9-10-14(18-15(16)17)13(12)8-5-2/h9-10H,4-8H2,1-3H3,(H,16,17). The van der Waals surface area contributed by atoms with Crippen molar-refractivity contribution in [2.75, 3.05) is 0 Å². The second kappa shape index (κ2) is 7.04. The van der Waals surface area contributed by atoms with Gasteiger partial charge in [-0.15, -0.1) is 0 Å². The van der Waals surface area contributed by atoms with Gasteiger partial charge in [0.25, 0.3) is 0 Å². The van der Waals surface area contributed by atoms with E-state index in [4.69, 9.17) is 9.84 Å². The minimum absolute atomic E-state index is 0.505. The van der Waals surface area contributed by atoms with Gasteiger partial charge in [-0.05, 0) is 42.0 Å². The van der Waals surface area contributed by atoms with Crippen molar-refractivity contribution in [3.05, 3.63) is 28.8 Å². The van der Waals surface area contributed by atoms with Gasteiger partial charge in [-0.1, -0.05) is 39.7 Å². The predicted octanol–water partition coefficient (Wildman–Crippen LogP) is 4.21. The SMILES string of the molecule is CCCc1c(CC)ccc(OC(=O)O)c1CCC. The number of hydrogen-bond donors (Lipinski definition) is 1. The minimum atomic E-state index is -1.24. The fourth-order valence-corrected chi connectivity index (χ4v) is 2.33. The Kier molecular flexibility index (Phi) is 5.69. The Morgan fingerprint density at radius 1 is 1.11 bits per heavy atom. The van der Waals surface area contributed by atoms with E-state index in [2.05, 4.69) is 20.8 Å². The van der Waals surface area contributed by atoms with Crippen molar-refractivity contribution < 1.29 is 14.6 Å². The number of ether oxygens (including phenoxy) is 1. The molecular formula is C15H22O3. The van der Waals surface area contributed by atoms with E-state index in [1.54, 1.807) is 6.07 Å². The van der Waals surface area contributed by atoms with Crippen LogP contribution in [0, 0.1) is 0 Å². The molecule has 0 bridgehead atoms. The number of carbonyl (C=O) groups is 1. The fourth-order valence-electron chi connectivity index (χ4n) is 2.33. The van der Waals surface area contributed by atoms with Gasteiger partial charge in [-0.2, -0.15) is 0 Å². The molecule has 0 aliphatic carbocycles. The van der Waals surface area contributed by atoms with E-state index >= 15 is 0 Å². The van der Waals surface area contributed by atoms with Crippen LogP contribution in [0.5, 0.6) is 5.75 Å². The molecule has 0 aliphatic heterocycles. The molecule has 0 aromatic heterocycles. The zero-order chi connectivity index (χ0) is 13.5. The van der Waals surface area contributed by atoms with E-state index in [0.29, 0.717) is 5.75 Å². The van der Waals surface area contributed by atoms with Crippen LogP contribution in [0.1, 0.15) is 50.3 Å². The number of benzene rings is 1. The first-order valence-electron chi connectivity index (χ1n) is 6.68. The van der Waals surface area contributed by atoms with Gasteiger partial charge in [-0.3, -0.25) is 0 Å². The van der Waals surface area contributed by atoms with Crippen molar-refractivity contribution in [2.24, 2.45) is 0 Å². The lowest BCUT2D eigenvalue weighted by Gasteiger charge is -2.16. The van der Waals surface area contributed by atoms with Gasteiger partial charge in [0, 0.05) is 0 Å². The summed E-state index contributed by atoms with van der Waals surface area (Å²) in [4.78, 5) is 10.7. The average Bonchev–Trinajstić information content (AvgIpc) is 2.33. The quantitative estimate of drug-likeness (QED) is 0.607. The van der Waals surface area contributed by atoms with Crippen molar-refractivity contribution in [3.8, 4) is 5.75 Å². The third kappa shape index (κ3) is 3.49. The Hall–Kier alpha value is -1.51. The van der Waals surface area contributed by atoms with Gasteiger partial charge in [0.2, 0.25) is 0 Å². The maximum atomic E-state index is 10.7. The molecule has 0 saturated heterocycles. The first kappa shape index (κ1) is 14.6. The summed E-state index contributed by atoms with van der Waals surface area (Å²) in [6, 6.07) is 3.78. The van der Waals surface area contributed by atoms with Gasteiger partial charge in [0.1, 0.15) is 5.75 Å². The topological polar surface area (TPSA) is 46.5 Å². The van der Waals surface area contributed by atoms with Gasteiger partial charge in [0.05, 0.1) is 0 Å². The highest BCUT2D eigenvalue weighted by atomic mass is 16.7. The second-order valence-electron chi connectivity index (χ2n) is 4.40. The summed E-state index contributed by atoms with van der Waals surface area (Å²) >= 11 is 0. The lowest BCUT2D eigenvalue weighted by Crippen LogP contribution is -2.09. The Morgan fingerprint density at radius 3 is 2.22 bits per heavy atom. The zero-order valence-electron chi connectivity index (χ0n) is 11.5. The third-order valence-corrected chi connectivity index (χ3v) is 3.06. The molecule has 0 spiro atoms. The maximum Gasteiger partial charge on any atom is 0.511 e. The van der Waals surface area contributed by atoms with Gasteiger partial charge >= 0.3 is 6.16 Å². The Labute approximate surface area is 109 Å². The number of carboxylic acid groups (broad SMARTS) is 1. The molecule has 3 nitrogen and oxygen atoms in total. The van der Waals surface area contributed by atoms with Gasteiger partial charge in [0.15, 0.2) is 0 Å². The summed E-state index contributed by atoms with van der Waals surface area (Å²) < 4.78 is 4.90. The molecule has 0 atom stereocenters. The molecule has 1 rings (SSSR count). The maximum absolute atomic E-state index is 10.7. The summed E-state index contributed by atoms with van der Waals surface area (Å²) in [7, 11) is 0. The monoisotopic (exact) mass is 250 g/mol. The first-order valence-corrected chi connectivity index (χ1v) is 6.68. The second-order valence-corrected chi connectivity index (χ2v) is 4.40. The van der Waals surface area contributed by atoms with Crippen molar-refractivity contribution in [1.82, 2.24) is 0 Å². The van der Waals surface area contributed by atoms with E-state index in [0.717, 1.165) is 37.7 Å². The van der Waals surface area contributed by atoms with Crippen LogP contribution in [-0.4, -0.2) is 11.3 Å². The lowest BCUT2D eigenvalue weighted by atomic mass is 9.92. The highest BCUT2D eigenvalue weighted by Gasteiger charge is 2.14. The Morgan fingerprint density at radius 2 is 1.72 bits per heavy atom. The molecule has 1 aromatic carbocycles. The summed E-state index contributed by atoms with van der Waals surface area (Å²) in [6.45, 7) is 6.36. The summed E-state index contributed by atoms with van der Waals surface area (Å²) in [6.07, 6.45) is 3.62. The molecule has 1 N–H and O–H groups in total. The molecular weight excluding hydrogens is 228 g/mol. The summed E-state index contributed by atoms with van der Waals surface area (Å²) in [5.74, 6) is 0.505. The highest BCUT2D eigenvalue weighted by Crippen LogP contribution is 2.29. The van der Waals surface area contributed by atoms with Crippen LogP contribution in [0.4, 0.5) is 4.79 Å². The van der Waals surface area contributed by atoms with Crippen molar-refractivity contribution in [3.63, 3.8) is 0 Å². The molecule has 1 aromatic rings. The molecule has 0 aliphatic rings. The minimum Gasteiger partial charge on any atom is -0.449 e.